The molecule has 2 aliphatic heterocycles. The Morgan fingerprint density at radius 3 is 2.81 bits per heavy atom. The van der Waals surface area contributed by atoms with Crippen LogP contribution in [0.4, 0.5) is 0 Å². The fourth-order valence-electron chi connectivity index (χ4n) is 8.17. The van der Waals surface area contributed by atoms with E-state index in [4.69, 9.17) is 9.47 Å². The zero-order valence-corrected chi connectivity index (χ0v) is 15.8. The number of epoxide rings is 1. The van der Waals surface area contributed by atoms with Gasteiger partial charge in [-0.05, 0) is 68.2 Å². The molecule has 2 saturated heterocycles. The van der Waals surface area contributed by atoms with Crippen LogP contribution >= 0.6 is 0 Å². The summed E-state index contributed by atoms with van der Waals surface area (Å²) in [5.74, 6) is 0.992. The molecule has 7 atom stereocenters. The number of ketones is 1. The fraction of sp³-hybridized carbons (Fsp3) is 0.652. The van der Waals surface area contributed by atoms with E-state index >= 15 is 0 Å². The molecule has 4 nitrogen and oxygen atoms in total. The van der Waals surface area contributed by atoms with Crippen molar-refractivity contribution in [3.63, 3.8) is 0 Å². The molecule has 7 aliphatic rings. The molecule has 2 unspecified atom stereocenters. The molecule has 5 aliphatic carbocycles. The summed E-state index contributed by atoms with van der Waals surface area (Å²) in [4.78, 5) is 24.1. The quantitative estimate of drug-likeness (QED) is 0.488. The summed E-state index contributed by atoms with van der Waals surface area (Å²) in [6.45, 7) is 4.64. The second-order valence-electron chi connectivity index (χ2n) is 10.3. The lowest BCUT2D eigenvalue weighted by Gasteiger charge is -2.53. The minimum atomic E-state index is -0.280. The molecule has 0 bridgehead atoms. The lowest BCUT2D eigenvalue weighted by molar-refractivity contribution is -0.162. The number of rotatable bonds is 0. The Hall–Kier alpha value is -1.68. The van der Waals surface area contributed by atoms with Crippen LogP contribution in [0.25, 0.3) is 0 Å². The van der Waals surface area contributed by atoms with Gasteiger partial charge in [0.2, 0.25) is 0 Å². The van der Waals surface area contributed by atoms with Gasteiger partial charge < -0.3 is 9.47 Å². The summed E-state index contributed by atoms with van der Waals surface area (Å²) in [6.07, 6.45) is 11.5. The first kappa shape index (κ1) is 15.3. The highest BCUT2D eigenvalue weighted by Crippen LogP contribution is 2.80. The molecule has 0 aromatic carbocycles. The van der Waals surface area contributed by atoms with E-state index < -0.39 is 0 Å². The van der Waals surface area contributed by atoms with Crippen molar-refractivity contribution in [2.75, 3.05) is 0 Å². The van der Waals surface area contributed by atoms with Crippen LogP contribution in [0.1, 0.15) is 52.4 Å². The third-order valence-corrected chi connectivity index (χ3v) is 9.56. The number of hydrogen-bond acceptors (Lipinski definition) is 4. The molecular weight excluding hydrogens is 340 g/mol. The monoisotopic (exact) mass is 364 g/mol. The van der Waals surface area contributed by atoms with Gasteiger partial charge in [0.05, 0.1) is 6.10 Å². The minimum Gasteiger partial charge on any atom is -0.458 e. The summed E-state index contributed by atoms with van der Waals surface area (Å²) in [5.41, 5.74) is 3.49. The molecule has 0 amide bonds. The van der Waals surface area contributed by atoms with E-state index in [9.17, 15) is 9.59 Å². The molecule has 4 heteroatoms. The van der Waals surface area contributed by atoms with Gasteiger partial charge in [-0.3, -0.25) is 9.59 Å². The van der Waals surface area contributed by atoms with E-state index in [0.29, 0.717) is 18.3 Å². The van der Waals surface area contributed by atoms with Crippen LogP contribution in [0.15, 0.2) is 34.9 Å². The number of esters is 1. The van der Waals surface area contributed by atoms with Crippen molar-refractivity contribution < 1.29 is 19.1 Å². The molecule has 2 heterocycles. The van der Waals surface area contributed by atoms with Crippen molar-refractivity contribution in [2.45, 2.75) is 69.7 Å². The molecule has 0 radical (unpaired) electrons. The Morgan fingerprint density at radius 1 is 1.19 bits per heavy atom. The average Bonchev–Trinajstić information content (AvgIpc) is 3.49. The predicted molar refractivity (Wildman–Crippen MR) is 96.6 cm³/mol. The molecular formula is C23H24O4. The van der Waals surface area contributed by atoms with E-state index in [1.54, 1.807) is 6.08 Å². The van der Waals surface area contributed by atoms with Crippen molar-refractivity contribution in [2.24, 2.45) is 22.7 Å². The Labute approximate surface area is 158 Å². The van der Waals surface area contributed by atoms with E-state index in [0.717, 1.165) is 32.1 Å². The highest BCUT2D eigenvalue weighted by Gasteiger charge is 2.83. The zero-order valence-electron chi connectivity index (χ0n) is 15.8. The Kier molecular flexibility index (Phi) is 2.28. The third kappa shape index (κ3) is 1.39. The summed E-state index contributed by atoms with van der Waals surface area (Å²) < 4.78 is 12.7. The van der Waals surface area contributed by atoms with Crippen LogP contribution in [0.5, 0.6) is 0 Å². The van der Waals surface area contributed by atoms with Gasteiger partial charge in [0.25, 0.3) is 0 Å². The maximum atomic E-state index is 12.1. The van der Waals surface area contributed by atoms with Crippen molar-refractivity contribution in [3.8, 4) is 0 Å². The van der Waals surface area contributed by atoms with Gasteiger partial charge in [-0.1, -0.05) is 18.6 Å². The molecule has 140 valence electrons. The summed E-state index contributed by atoms with van der Waals surface area (Å²) in [5, 5.41) is 0. The van der Waals surface area contributed by atoms with Gasteiger partial charge in [-0.25, -0.2) is 0 Å². The normalized spacial score (nSPS) is 56.1. The zero-order chi connectivity index (χ0) is 18.4. The fourth-order valence-corrected chi connectivity index (χ4v) is 8.17. The Morgan fingerprint density at radius 2 is 2.04 bits per heavy atom. The molecule has 0 aromatic rings. The lowest BCUT2D eigenvalue weighted by Crippen LogP contribution is -2.58. The van der Waals surface area contributed by atoms with Crippen LogP contribution in [0, 0.1) is 22.7 Å². The number of carbonyl (C=O) groups is 2. The van der Waals surface area contributed by atoms with Crippen LogP contribution < -0.4 is 0 Å². The SMILES string of the molecule is C[C@]12C=CC(=O)C=C1C1=C(C1)C1C3CC[C@@]4(CCC(=O)O4)[C@@]3(C)C[C@H]3O[C@@]132. The van der Waals surface area contributed by atoms with Crippen LogP contribution in [0.2, 0.25) is 0 Å². The second-order valence-corrected chi connectivity index (χ2v) is 10.3. The lowest BCUT2D eigenvalue weighted by atomic mass is 9.48. The van der Waals surface area contributed by atoms with Crippen LogP contribution in [-0.2, 0) is 19.1 Å². The maximum absolute atomic E-state index is 12.1. The molecule has 2 saturated carbocycles. The van der Waals surface area contributed by atoms with Gasteiger partial charge in [-0.2, -0.15) is 0 Å². The number of hydrogen-bond donors (Lipinski definition) is 0. The summed E-state index contributed by atoms with van der Waals surface area (Å²) in [6, 6.07) is 0. The molecule has 27 heavy (non-hydrogen) atoms. The third-order valence-electron chi connectivity index (χ3n) is 9.56. The largest absolute Gasteiger partial charge is 0.458 e. The second kappa shape index (κ2) is 4.03. The first-order chi connectivity index (χ1) is 12.8. The van der Waals surface area contributed by atoms with Gasteiger partial charge in [0.1, 0.15) is 11.2 Å². The molecule has 2 spiro atoms. The van der Waals surface area contributed by atoms with Crippen molar-refractivity contribution in [1.29, 1.82) is 0 Å². The summed E-state index contributed by atoms with van der Waals surface area (Å²) in [7, 11) is 0. The predicted octanol–water partition coefficient (Wildman–Crippen LogP) is 3.42. The standard InChI is InChI=1S/C23H24O4/c1-20-6-3-12(24)9-16(20)13-10-14(13)19-15-4-7-22(8-5-18(25)27-22)21(15,2)11-17-23(19,20)26-17/h3,6,9,15,17,19H,4-5,7-8,10-11H2,1-2H3/t15?,17-,19?,20+,21+,22-,23-/m1/s1. The Balaban J connectivity index is 1.40. The van der Waals surface area contributed by atoms with Crippen LogP contribution in [-0.4, -0.2) is 29.1 Å². The van der Waals surface area contributed by atoms with E-state index in [1.165, 1.54) is 16.7 Å². The Bertz CT molecular complexity index is 955. The van der Waals surface area contributed by atoms with Crippen molar-refractivity contribution >= 4 is 11.8 Å². The molecule has 7 rings (SSSR count). The molecule has 0 N–H and O–H groups in total. The van der Waals surface area contributed by atoms with E-state index in [1.807, 2.05) is 6.08 Å². The topological polar surface area (TPSA) is 55.9 Å². The number of fused-ring (bicyclic) bond motifs is 6. The average molecular weight is 364 g/mol. The van der Waals surface area contributed by atoms with Gasteiger partial charge in [-0.15, -0.1) is 0 Å². The number of ether oxygens (including phenoxy) is 2. The first-order valence-corrected chi connectivity index (χ1v) is 10.4. The van der Waals surface area contributed by atoms with Crippen molar-refractivity contribution in [3.05, 3.63) is 34.9 Å². The molecule has 4 fully saturated rings. The molecule has 0 aromatic heterocycles. The van der Waals surface area contributed by atoms with E-state index in [-0.39, 0.29) is 39.9 Å². The highest BCUT2D eigenvalue weighted by molar-refractivity contribution is 6.02. The first-order valence-electron chi connectivity index (χ1n) is 10.4. The van der Waals surface area contributed by atoms with Gasteiger partial charge >= 0.3 is 5.97 Å². The smallest absolute Gasteiger partial charge is 0.306 e. The van der Waals surface area contributed by atoms with Crippen LogP contribution in [0.3, 0.4) is 0 Å². The van der Waals surface area contributed by atoms with Gasteiger partial charge in [0, 0.05) is 23.2 Å². The highest BCUT2D eigenvalue weighted by atomic mass is 16.6. The van der Waals surface area contributed by atoms with E-state index in [2.05, 4.69) is 19.9 Å². The maximum Gasteiger partial charge on any atom is 0.306 e. The van der Waals surface area contributed by atoms with Gasteiger partial charge in [0.15, 0.2) is 5.78 Å². The number of allylic oxidation sites excluding steroid dienone is 3. The summed E-state index contributed by atoms with van der Waals surface area (Å²) >= 11 is 0. The minimum absolute atomic E-state index is 0.000964. The van der Waals surface area contributed by atoms with Crippen molar-refractivity contribution in [1.82, 2.24) is 0 Å². The number of carbonyl (C=O) groups excluding carboxylic acids is 2.